The van der Waals surface area contributed by atoms with Gasteiger partial charge in [0.25, 0.3) is 0 Å². The SMILES string of the molecule is N#Cc1cccc(/C=C/CC(=O)O)c1. The normalized spacial score (nSPS) is 9.93. The molecule has 0 heterocycles. The van der Waals surface area contributed by atoms with E-state index in [1.54, 1.807) is 30.4 Å². The van der Waals surface area contributed by atoms with Crippen LogP contribution in [0.1, 0.15) is 17.5 Å². The second-order valence-electron chi connectivity index (χ2n) is 2.74. The Morgan fingerprint density at radius 2 is 2.36 bits per heavy atom. The van der Waals surface area contributed by atoms with Crippen LogP contribution in [-0.2, 0) is 4.79 Å². The van der Waals surface area contributed by atoms with Crippen LogP contribution in [0, 0.1) is 11.3 Å². The molecule has 1 aromatic rings. The number of benzene rings is 1. The van der Waals surface area contributed by atoms with Crippen molar-refractivity contribution >= 4 is 12.0 Å². The predicted octanol–water partition coefficient (Wildman–Crippen LogP) is 2.05. The van der Waals surface area contributed by atoms with Crippen molar-refractivity contribution in [2.45, 2.75) is 6.42 Å². The van der Waals surface area contributed by atoms with E-state index < -0.39 is 5.97 Å². The van der Waals surface area contributed by atoms with Gasteiger partial charge in [-0.15, -0.1) is 0 Å². The fraction of sp³-hybridized carbons (Fsp3) is 0.0909. The van der Waals surface area contributed by atoms with E-state index in [9.17, 15) is 4.79 Å². The number of nitriles is 1. The molecular weight excluding hydrogens is 178 g/mol. The summed E-state index contributed by atoms with van der Waals surface area (Å²) in [4.78, 5) is 10.2. The summed E-state index contributed by atoms with van der Waals surface area (Å²) in [5.41, 5.74) is 1.41. The Bertz CT molecular complexity index is 402. The lowest BCUT2D eigenvalue weighted by Crippen LogP contribution is -1.89. The molecule has 3 nitrogen and oxygen atoms in total. The molecule has 0 atom stereocenters. The van der Waals surface area contributed by atoms with E-state index in [0.717, 1.165) is 5.56 Å². The van der Waals surface area contributed by atoms with Gasteiger partial charge in [0.15, 0.2) is 0 Å². The van der Waals surface area contributed by atoms with Gasteiger partial charge in [0.05, 0.1) is 18.1 Å². The molecule has 3 heteroatoms. The van der Waals surface area contributed by atoms with Crippen molar-refractivity contribution in [2.24, 2.45) is 0 Å². The van der Waals surface area contributed by atoms with Crippen LogP contribution in [-0.4, -0.2) is 11.1 Å². The van der Waals surface area contributed by atoms with E-state index in [1.807, 2.05) is 12.1 Å². The van der Waals surface area contributed by atoms with Crippen LogP contribution in [0.4, 0.5) is 0 Å². The molecule has 0 radical (unpaired) electrons. The number of hydrogen-bond acceptors (Lipinski definition) is 2. The van der Waals surface area contributed by atoms with E-state index in [1.165, 1.54) is 0 Å². The third-order valence-electron chi connectivity index (χ3n) is 1.62. The minimum absolute atomic E-state index is 0.00319. The van der Waals surface area contributed by atoms with E-state index in [0.29, 0.717) is 5.56 Å². The van der Waals surface area contributed by atoms with Crippen LogP contribution in [0.2, 0.25) is 0 Å². The zero-order valence-electron chi connectivity index (χ0n) is 7.47. The predicted molar refractivity (Wildman–Crippen MR) is 52.4 cm³/mol. The molecule has 0 unspecified atom stereocenters. The number of rotatable bonds is 3. The molecule has 0 fully saturated rings. The third-order valence-corrected chi connectivity index (χ3v) is 1.62. The van der Waals surface area contributed by atoms with Gasteiger partial charge >= 0.3 is 5.97 Å². The van der Waals surface area contributed by atoms with E-state index >= 15 is 0 Å². The summed E-state index contributed by atoms with van der Waals surface area (Å²) >= 11 is 0. The van der Waals surface area contributed by atoms with Crippen LogP contribution in [0.15, 0.2) is 30.3 Å². The van der Waals surface area contributed by atoms with Gasteiger partial charge in [-0.1, -0.05) is 24.3 Å². The fourth-order valence-electron chi connectivity index (χ4n) is 1.01. The molecule has 1 rings (SSSR count). The minimum Gasteiger partial charge on any atom is -0.481 e. The highest BCUT2D eigenvalue weighted by atomic mass is 16.4. The lowest BCUT2D eigenvalue weighted by molar-refractivity contribution is -0.135. The number of nitrogens with zero attached hydrogens (tertiary/aromatic N) is 1. The Balaban J connectivity index is 2.72. The number of carboxylic acid groups (broad SMARTS) is 1. The van der Waals surface area contributed by atoms with Crippen molar-refractivity contribution in [3.63, 3.8) is 0 Å². The smallest absolute Gasteiger partial charge is 0.307 e. The van der Waals surface area contributed by atoms with Crippen LogP contribution < -0.4 is 0 Å². The monoisotopic (exact) mass is 187 g/mol. The first kappa shape index (κ1) is 10.0. The van der Waals surface area contributed by atoms with E-state index in [-0.39, 0.29) is 6.42 Å². The molecule has 0 spiro atoms. The highest BCUT2D eigenvalue weighted by Gasteiger charge is 1.92. The van der Waals surface area contributed by atoms with Crippen LogP contribution in [0.25, 0.3) is 6.08 Å². The van der Waals surface area contributed by atoms with Gasteiger partial charge in [-0.2, -0.15) is 5.26 Å². The quantitative estimate of drug-likeness (QED) is 0.787. The Hall–Kier alpha value is -2.08. The Morgan fingerprint density at radius 1 is 1.57 bits per heavy atom. The molecule has 70 valence electrons. The molecule has 1 aromatic carbocycles. The second kappa shape index (κ2) is 4.83. The maximum atomic E-state index is 10.2. The van der Waals surface area contributed by atoms with Crippen molar-refractivity contribution in [3.05, 3.63) is 41.5 Å². The molecule has 1 N–H and O–H groups in total. The average Bonchev–Trinajstić information content (AvgIpc) is 2.18. The Labute approximate surface area is 81.9 Å². The molecule has 0 saturated carbocycles. The topological polar surface area (TPSA) is 61.1 Å². The molecule has 0 aliphatic carbocycles. The van der Waals surface area contributed by atoms with Gasteiger partial charge in [-0.05, 0) is 17.7 Å². The summed E-state index contributed by atoms with van der Waals surface area (Å²) in [5, 5.41) is 17.0. The van der Waals surface area contributed by atoms with Gasteiger partial charge in [-0.3, -0.25) is 4.79 Å². The maximum absolute atomic E-state index is 10.2. The lowest BCUT2D eigenvalue weighted by atomic mass is 10.1. The molecule has 0 aromatic heterocycles. The summed E-state index contributed by atoms with van der Waals surface area (Å²) in [6.45, 7) is 0. The lowest BCUT2D eigenvalue weighted by Gasteiger charge is -1.92. The largest absolute Gasteiger partial charge is 0.481 e. The zero-order valence-corrected chi connectivity index (χ0v) is 7.47. The zero-order chi connectivity index (χ0) is 10.4. The number of hydrogen-bond donors (Lipinski definition) is 1. The maximum Gasteiger partial charge on any atom is 0.307 e. The van der Waals surface area contributed by atoms with Crippen molar-refractivity contribution < 1.29 is 9.90 Å². The average molecular weight is 187 g/mol. The van der Waals surface area contributed by atoms with Gasteiger partial charge in [-0.25, -0.2) is 0 Å². The summed E-state index contributed by atoms with van der Waals surface area (Å²) in [7, 11) is 0. The first-order chi connectivity index (χ1) is 6.72. The minimum atomic E-state index is -0.863. The van der Waals surface area contributed by atoms with Crippen molar-refractivity contribution in [3.8, 4) is 6.07 Å². The van der Waals surface area contributed by atoms with Crippen molar-refractivity contribution in [1.82, 2.24) is 0 Å². The summed E-state index contributed by atoms with van der Waals surface area (Å²) in [6, 6.07) is 9.01. The Kier molecular flexibility index (Phi) is 3.45. The highest BCUT2D eigenvalue weighted by molar-refractivity contribution is 5.70. The fourth-order valence-corrected chi connectivity index (χ4v) is 1.01. The molecule has 0 aliphatic heterocycles. The first-order valence-corrected chi connectivity index (χ1v) is 4.11. The van der Waals surface area contributed by atoms with Crippen LogP contribution >= 0.6 is 0 Å². The molecule has 0 saturated heterocycles. The molecule has 0 bridgehead atoms. The van der Waals surface area contributed by atoms with Gasteiger partial charge in [0.1, 0.15) is 0 Å². The molecule has 0 aliphatic rings. The number of aliphatic carboxylic acids is 1. The highest BCUT2D eigenvalue weighted by Crippen LogP contribution is 2.06. The van der Waals surface area contributed by atoms with Crippen LogP contribution in [0.5, 0.6) is 0 Å². The first-order valence-electron chi connectivity index (χ1n) is 4.11. The van der Waals surface area contributed by atoms with Gasteiger partial charge in [0.2, 0.25) is 0 Å². The van der Waals surface area contributed by atoms with Crippen molar-refractivity contribution in [1.29, 1.82) is 5.26 Å². The molecule has 14 heavy (non-hydrogen) atoms. The van der Waals surface area contributed by atoms with Gasteiger partial charge < -0.3 is 5.11 Å². The summed E-state index contributed by atoms with van der Waals surface area (Å²) < 4.78 is 0. The van der Waals surface area contributed by atoms with E-state index in [2.05, 4.69) is 0 Å². The summed E-state index contributed by atoms with van der Waals surface area (Å²) in [5.74, 6) is -0.863. The molecular formula is C11H9NO2. The second-order valence-corrected chi connectivity index (χ2v) is 2.74. The Morgan fingerprint density at radius 3 is 3.00 bits per heavy atom. The summed E-state index contributed by atoms with van der Waals surface area (Å²) in [6.07, 6.45) is 3.24. The van der Waals surface area contributed by atoms with E-state index in [4.69, 9.17) is 10.4 Å². The van der Waals surface area contributed by atoms with Gasteiger partial charge in [0, 0.05) is 0 Å². The van der Waals surface area contributed by atoms with Crippen LogP contribution in [0.3, 0.4) is 0 Å². The third kappa shape index (κ3) is 3.11. The number of carboxylic acids is 1. The number of carbonyl (C=O) groups is 1. The standard InChI is InChI=1S/C11H9NO2/c12-8-10-5-1-3-9(7-10)4-2-6-11(13)14/h1-5,7H,6H2,(H,13,14)/b4-2+. The van der Waals surface area contributed by atoms with Crippen molar-refractivity contribution in [2.75, 3.05) is 0 Å². The molecule has 0 amide bonds.